The third-order valence-electron chi connectivity index (χ3n) is 4.26. The van der Waals surface area contributed by atoms with Gasteiger partial charge in [-0.3, -0.25) is 4.79 Å². The van der Waals surface area contributed by atoms with Gasteiger partial charge in [-0.15, -0.1) is 0 Å². The zero-order valence-electron chi connectivity index (χ0n) is 14.0. The predicted octanol–water partition coefficient (Wildman–Crippen LogP) is 3.16. The lowest BCUT2D eigenvalue weighted by Crippen LogP contribution is -2.31. The number of nitrogens with zero attached hydrogens (tertiary/aromatic N) is 1. The Morgan fingerprint density at radius 1 is 1.17 bits per heavy atom. The molecule has 0 aliphatic carbocycles. The number of hydrogen-bond donors (Lipinski definition) is 2. The SMILES string of the molecule is Cc1cc(C(=O)O)ccc1CC(=O)N(C)C(C)c1cccc(O)c1. The first-order valence-electron chi connectivity index (χ1n) is 7.67. The Bertz CT molecular complexity index is 770. The maximum atomic E-state index is 12.5. The van der Waals surface area contributed by atoms with Crippen molar-refractivity contribution in [2.75, 3.05) is 7.05 Å². The number of carbonyl (C=O) groups excluding carboxylic acids is 1. The highest BCUT2D eigenvalue weighted by molar-refractivity contribution is 5.88. The molecular weight excluding hydrogens is 306 g/mol. The number of carboxylic acid groups (broad SMARTS) is 1. The fourth-order valence-electron chi connectivity index (χ4n) is 2.54. The van der Waals surface area contributed by atoms with E-state index in [1.165, 1.54) is 6.07 Å². The molecule has 0 heterocycles. The number of rotatable bonds is 5. The van der Waals surface area contributed by atoms with Gasteiger partial charge < -0.3 is 15.1 Å². The number of carboxylic acids is 1. The Balaban J connectivity index is 2.13. The Hall–Kier alpha value is -2.82. The number of carbonyl (C=O) groups is 2. The molecule has 0 saturated heterocycles. The molecule has 2 aromatic carbocycles. The molecule has 126 valence electrons. The van der Waals surface area contributed by atoms with Crippen LogP contribution in [0, 0.1) is 6.92 Å². The van der Waals surface area contributed by atoms with E-state index in [2.05, 4.69) is 0 Å². The highest BCUT2D eigenvalue weighted by Gasteiger charge is 2.19. The van der Waals surface area contributed by atoms with E-state index in [9.17, 15) is 14.7 Å². The third kappa shape index (κ3) is 3.93. The predicted molar refractivity (Wildman–Crippen MR) is 91.1 cm³/mol. The summed E-state index contributed by atoms with van der Waals surface area (Å²) in [7, 11) is 1.72. The van der Waals surface area contributed by atoms with Crippen LogP contribution in [0.2, 0.25) is 0 Å². The van der Waals surface area contributed by atoms with Crippen LogP contribution >= 0.6 is 0 Å². The van der Waals surface area contributed by atoms with Gasteiger partial charge in [-0.25, -0.2) is 4.79 Å². The molecular formula is C19H21NO4. The largest absolute Gasteiger partial charge is 0.508 e. The molecule has 0 bridgehead atoms. The maximum absolute atomic E-state index is 12.5. The topological polar surface area (TPSA) is 77.8 Å². The zero-order chi connectivity index (χ0) is 17.9. The van der Waals surface area contributed by atoms with Crippen LogP contribution in [-0.4, -0.2) is 34.0 Å². The summed E-state index contributed by atoms with van der Waals surface area (Å²) in [6.07, 6.45) is 0.200. The third-order valence-corrected chi connectivity index (χ3v) is 4.26. The van der Waals surface area contributed by atoms with Crippen LogP contribution in [0.3, 0.4) is 0 Å². The standard InChI is InChI=1S/C19H21NO4/c1-12-9-16(19(23)24)8-7-14(12)11-18(22)20(3)13(2)15-5-4-6-17(21)10-15/h4-10,13,21H,11H2,1-3H3,(H,23,24). The van der Waals surface area contributed by atoms with Gasteiger partial charge in [-0.2, -0.15) is 0 Å². The van der Waals surface area contributed by atoms with Gasteiger partial charge in [0.05, 0.1) is 18.0 Å². The van der Waals surface area contributed by atoms with Crippen molar-refractivity contribution >= 4 is 11.9 Å². The first-order valence-corrected chi connectivity index (χ1v) is 7.67. The zero-order valence-corrected chi connectivity index (χ0v) is 14.0. The second-order valence-electron chi connectivity index (χ2n) is 5.90. The van der Waals surface area contributed by atoms with Crippen LogP contribution in [0.15, 0.2) is 42.5 Å². The first kappa shape index (κ1) is 17.5. The van der Waals surface area contributed by atoms with E-state index in [-0.39, 0.29) is 29.7 Å². The highest BCUT2D eigenvalue weighted by Crippen LogP contribution is 2.23. The first-order chi connectivity index (χ1) is 11.3. The van der Waals surface area contributed by atoms with Crippen molar-refractivity contribution in [3.8, 4) is 5.75 Å². The van der Waals surface area contributed by atoms with Crippen molar-refractivity contribution < 1.29 is 19.8 Å². The number of benzene rings is 2. The van der Waals surface area contributed by atoms with Crippen molar-refractivity contribution in [3.63, 3.8) is 0 Å². The molecule has 1 amide bonds. The smallest absolute Gasteiger partial charge is 0.335 e. The lowest BCUT2D eigenvalue weighted by atomic mass is 10.0. The van der Waals surface area contributed by atoms with Crippen molar-refractivity contribution in [1.29, 1.82) is 0 Å². The quantitative estimate of drug-likeness (QED) is 0.884. The summed E-state index contributed by atoms with van der Waals surface area (Å²) >= 11 is 0. The van der Waals surface area contributed by atoms with Crippen LogP contribution in [-0.2, 0) is 11.2 Å². The minimum atomic E-state index is -0.981. The number of aromatic hydroxyl groups is 1. The average molecular weight is 327 g/mol. The molecule has 5 heteroatoms. The monoisotopic (exact) mass is 327 g/mol. The molecule has 0 aliphatic rings. The molecule has 2 rings (SSSR count). The van der Waals surface area contributed by atoms with Crippen molar-refractivity contribution in [1.82, 2.24) is 4.90 Å². The second kappa shape index (κ2) is 7.17. The molecule has 0 aliphatic heterocycles. The van der Waals surface area contributed by atoms with Crippen LogP contribution in [0.5, 0.6) is 5.75 Å². The van der Waals surface area contributed by atoms with Crippen molar-refractivity contribution in [2.24, 2.45) is 0 Å². The van der Waals surface area contributed by atoms with E-state index < -0.39 is 5.97 Å². The van der Waals surface area contributed by atoms with Crippen LogP contribution in [0.25, 0.3) is 0 Å². The molecule has 0 radical (unpaired) electrons. The average Bonchev–Trinajstić information content (AvgIpc) is 2.55. The lowest BCUT2D eigenvalue weighted by molar-refractivity contribution is -0.131. The Kier molecular flexibility index (Phi) is 5.24. The molecule has 2 N–H and O–H groups in total. The fraction of sp³-hybridized carbons (Fsp3) is 0.263. The van der Waals surface area contributed by atoms with Gasteiger partial charge in [0, 0.05) is 7.05 Å². The molecule has 2 aromatic rings. The number of aromatic carboxylic acids is 1. The van der Waals surface area contributed by atoms with E-state index >= 15 is 0 Å². The normalized spacial score (nSPS) is 11.8. The van der Waals surface area contributed by atoms with Gasteiger partial charge in [0.15, 0.2) is 0 Å². The molecule has 0 spiro atoms. The number of amides is 1. The minimum absolute atomic E-state index is 0.0722. The minimum Gasteiger partial charge on any atom is -0.508 e. The van der Waals surface area contributed by atoms with Gasteiger partial charge in [-0.1, -0.05) is 18.2 Å². The molecule has 1 unspecified atom stereocenters. The van der Waals surface area contributed by atoms with Crippen molar-refractivity contribution in [2.45, 2.75) is 26.3 Å². The van der Waals surface area contributed by atoms with E-state index in [0.29, 0.717) is 0 Å². The summed E-state index contributed by atoms with van der Waals surface area (Å²) in [4.78, 5) is 25.1. The summed E-state index contributed by atoms with van der Waals surface area (Å²) in [5, 5.41) is 18.6. The Labute approximate surface area is 141 Å². The summed E-state index contributed by atoms with van der Waals surface area (Å²) < 4.78 is 0. The van der Waals surface area contributed by atoms with E-state index in [0.717, 1.165) is 16.7 Å². The molecule has 24 heavy (non-hydrogen) atoms. The van der Waals surface area contributed by atoms with Gasteiger partial charge in [-0.05, 0) is 54.8 Å². The van der Waals surface area contributed by atoms with E-state index in [1.807, 2.05) is 13.0 Å². The number of phenols is 1. The number of likely N-dealkylation sites (N-methyl/N-ethyl adjacent to an activating group) is 1. The Morgan fingerprint density at radius 2 is 1.88 bits per heavy atom. The van der Waals surface area contributed by atoms with E-state index in [4.69, 9.17) is 5.11 Å². The summed E-state index contributed by atoms with van der Waals surface area (Å²) in [6, 6.07) is 11.4. The second-order valence-corrected chi connectivity index (χ2v) is 5.90. The molecule has 0 aromatic heterocycles. The maximum Gasteiger partial charge on any atom is 0.335 e. The number of phenolic OH excluding ortho intramolecular Hbond substituents is 1. The highest BCUT2D eigenvalue weighted by atomic mass is 16.4. The number of hydrogen-bond acceptors (Lipinski definition) is 3. The lowest BCUT2D eigenvalue weighted by Gasteiger charge is -2.26. The molecule has 0 saturated carbocycles. The summed E-state index contributed by atoms with van der Waals surface area (Å²) in [5.74, 6) is -0.886. The van der Waals surface area contributed by atoms with Gasteiger partial charge in [0.1, 0.15) is 5.75 Å². The van der Waals surface area contributed by atoms with Gasteiger partial charge in [0.2, 0.25) is 5.91 Å². The Morgan fingerprint density at radius 3 is 2.46 bits per heavy atom. The molecule has 0 fully saturated rings. The molecule has 1 atom stereocenters. The fourth-order valence-corrected chi connectivity index (χ4v) is 2.54. The number of aryl methyl sites for hydroxylation is 1. The van der Waals surface area contributed by atoms with Crippen LogP contribution in [0.1, 0.15) is 40.0 Å². The van der Waals surface area contributed by atoms with Crippen LogP contribution < -0.4 is 0 Å². The van der Waals surface area contributed by atoms with Gasteiger partial charge in [0.25, 0.3) is 0 Å². The molecule has 5 nitrogen and oxygen atoms in total. The van der Waals surface area contributed by atoms with E-state index in [1.54, 1.807) is 49.2 Å². The van der Waals surface area contributed by atoms with Crippen LogP contribution in [0.4, 0.5) is 0 Å². The summed E-state index contributed by atoms with van der Waals surface area (Å²) in [6.45, 7) is 3.70. The van der Waals surface area contributed by atoms with Crippen molar-refractivity contribution in [3.05, 3.63) is 64.7 Å². The van der Waals surface area contributed by atoms with Gasteiger partial charge >= 0.3 is 5.97 Å². The summed E-state index contributed by atoms with van der Waals surface area (Å²) in [5.41, 5.74) is 2.65.